The number of aromatic nitrogens is 4. The molecule has 5 rings (SSSR count). The fourth-order valence-electron chi connectivity index (χ4n) is 4.37. The standard InChI is InChI=1S/C25H27N5O2S3/c1-3-18(20(31)26-25-30-29-22(35-25)16-7-5-4-6-8-16)34-24-27-21(32)19-17(13-33-23(19)28-24)15-11-9-14(2)10-12-15/h9-13,16,18H,3-8H2,1-2H3,(H,26,30,31)(H,27,28,32). The zero-order valence-electron chi connectivity index (χ0n) is 19.7. The molecule has 0 saturated heterocycles. The van der Waals surface area contributed by atoms with E-state index in [-0.39, 0.29) is 11.5 Å². The summed E-state index contributed by atoms with van der Waals surface area (Å²) >= 11 is 4.19. The number of H-pyrrole nitrogens is 1. The van der Waals surface area contributed by atoms with E-state index in [1.807, 2.05) is 43.5 Å². The van der Waals surface area contributed by atoms with E-state index in [1.54, 1.807) is 0 Å². The zero-order chi connectivity index (χ0) is 24.4. The predicted octanol–water partition coefficient (Wildman–Crippen LogP) is 6.37. The Morgan fingerprint density at radius 1 is 1.20 bits per heavy atom. The fourth-order valence-corrected chi connectivity index (χ4v) is 7.19. The number of hydrogen-bond donors (Lipinski definition) is 2. The first-order chi connectivity index (χ1) is 17.0. The molecule has 0 bridgehead atoms. The van der Waals surface area contributed by atoms with E-state index in [9.17, 15) is 9.59 Å². The second-order valence-electron chi connectivity index (χ2n) is 8.85. The summed E-state index contributed by atoms with van der Waals surface area (Å²) in [6.45, 7) is 3.98. The summed E-state index contributed by atoms with van der Waals surface area (Å²) in [6.07, 6.45) is 6.62. The maximum absolute atomic E-state index is 13.0. The van der Waals surface area contributed by atoms with E-state index in [0.717, 1.165) is 29.0 Å². The van der Waals surface area contributed by atoms with Crippen molar-refractivity contribution in [3.8, 4) is 11.1 Å². The summed E-state index contributed by atoms with van der Waals surface area (Å²) in [4.78, 5) is 34.2. The first-order valence-electron chi connectivity index (χ1n) is 11.9. The second kappa shape index (κ2) is 10.6. The van der Waals surface area contributed by atoms with Crippen LogP contribution in [0.2, 0.25) is 0 Å². The third kappa shape index (κ3) is 5.34. The number of aryl methyl sites for hydroxylation is 1. The molecule has 1 amide bonds. The molecule has 10 heteroatoms. The van der Waals surface area contributed by atoms with E-state index in [1.165, 1.54) is 59.3 Å². The third-order valence-corrected chi connectivity index (χ3v) is 9.45. The number of nitrogens with one attached hydrogen (secondary N) is 2. The number of carbonyl (C=O) groups is 1. The summed E-state index contributed by atoms with van der Waals surface area (Å²) in [5.41, 5.74) is 2.85. The number of anilines is 1. The van der Waals surface area contributed by atoms with Gasteiger partial charge in [0.25, 0.3) is 5.56 Å². The van der Waals surface area contributed by atoms with Gasteiger partial charge in [-0.25, -0.2) is 4.98 Å². The molecule has 35 heavy (non-hydrogen) atoms. The fraction of sp³-hybridized carbons (Fsp3) is 0.400. The first kappa shape index (κ1) is 24.1. The van der Waals surface area contributed by atoms with Crippen molar-refractivity contribution in [1.29, 1.82) is 0 Å². The topological polar surface area (TPSA) is 101 Å². The van der Waals surface area contributed by atoms with Gasteiger partial charge in [0.2, 0.25) is 11.0 Å². The Labute approximate surface area is 215 Å². The quantitative estimate of drug-likeness (QED) is 0.215. The predicted molar refractivity (Wildman–Crippen MR) is 145 cm³/mol. The van der Waals surface area contributed by atoms with Gasteiger partial charge in [-0.15, -0.1) is 21.5 Å². The molecular formula is C25H27N5O2S3. The van der Waals surface area contributed by atoms with Gasteiger partial charge in [-0.05, 0) is 31.7 Å². The highest BCUT2D eigenvalue weighted by Gasteiger charge is 2.24. The largest absolute Gasteiger partial charge is 0.301 e. The van der Waals surface area contributed by atoms with Crippen LogP contribution in [0.25, 0.3) is 21.3 Å². The molecule has 3 heterocycles. The van der Waals surface area contributed by atoms with E-state index < -0.39 is 5.25 Å². The van der Waals surface area contributed by atoms with Crippen LogP contribution in [0, 0.1) is 6.92 Å². The van der Waals surface area contributed by atoms with Crippen LogP contribution in [0.5, 0.6) is 0 Å². The smallest absolute Gasteiger partial charge is 0.260 e. The molecule has 0 radical (unpaired) electrons. The van der Waals surface area contributed by atoms with Crippen molar-refractivity contribution in [3.63, 3.8) is 0 Å². The van der Waals surface area contributed by atoms with E-state index in [4.69, 9.17) is 0 Å². The molecule has 3 aromatic heterocycles. The molecular weight excluding hydrogens is 499 g/mol. The summed E-state index contributed by atoms with van der Waals surface area (Å²) in [5.74, 6) is 0.304. The van der Waals surface area contributed by atoms with Crippen LogP contribution in [-0.2, 0) is 4.79 Å². The van der Waals surface area contributed by atoms with Gasteiger partial charge in [0.15, 0.2) is 5.16 Å². The Hall–Kier alpha value is -2.56. The van der Waals surface area contributed by atoms with Gasteiger partial charge in [0.1, 0.15) is 9.84 Å². The molecule has 182 valence electrons. The van der Waals surface area contributed by atoms with Gasteiger partial charge < -0.3 is 4.98 Å². The molecule has 0 aliphatic heterocycles. The Kier molecular flexibility index (Phi) is 7.31. The number of carbonyl (C=O) groups excluding carboxylic acids is 1. The summed E-state index contributed by atoms with van der Waals surface area (Å²) in [6, 6.07) is 8.10. The molecule has 1 aliphatic rings. The average molecular weight is 526 g/mol. The molecule has 1 unspecified atom stereocenters. The second-order valence-corrected chi connectivity index (χ2v) is 11.9. The normalized spacial score (nSPS) is 15.4. The first-order valence-corrected chi connectivity index (χ1v) is 14.5. The van der Waals surface area contributed by atoms with Crippen LogP contribution in [-0.4, -0.2) is 31.3 Å². The number of aromatic amines is 1. The molecule has 1 saturated carbocycles. The van der Waals surface area contributed by atoms with E-state index >= 15 is 0 Å². The van der Waals surface area contributed by atoms with Crippen LogP contribution in [0.1, 0.15) is 61.9 Å². The highest BCUT2D eigenvalue weighted by molar-refractivity contribution is 8.00. The van der Waals surface area contributed by atoms with E-state index in [2.05, 4.69) is 25.5 Å². The molecule has 1 fully saturated rings. The minimum absolute atomic E-state index is 0.155. The minimum Gasteiger partial charge on any atom is -0.301 e. The van der Waals surface area contributed by atoms with Crippen molar-refractivity contribution < 1.29 is 4.79 Å². The van der Waals surface area contributed by atoms with Gasteiger partial charge in [-0.2, -0.15) is 0 Å². The van der Waals surface area contributed by atoms with Gasteiger partial charge in [-0.1, -0.05) is 79.1 Å². The Morgan fingerprint density at radius 2 is 1.97 bits per heavy atom. The number of benzene rings is 1. The summed E-state index contributed by atoms with van der Waals surface area (Å²) in [5, 5.41) is 15.6. The van der Waals surface area contributed by atoms with Crippen molar-refractivity contribution in [2.24, 2.45) is 0 Å². The van der Waals surface area contributed by atoms with Crippen LogP contribution in [0.15, 0.2) is 39.6 Å². The molecule has 2 N–H and O–H groups in total. The van der Waals surface area contributed by atoms with Crippen molar-refractivity contribution >= 4 is 55.7 Å². The van der Waals surface area contributed by atoms with Crippen LogP contribution < -0.4 is 10.9 Å². The Morgan fingerprint density at radius 3 is 2.71 bits per heavy atom. The Bertz CT molecular complexity index is 1390. The van der Waals surface area contributed by atoms with Gasteiger partial charge in [-0.3, -0.25) is 14.9 Å². The SMILES string of the molecule is CCC(Sc1nc2scc(-c3ccc(C)cc3)c2c(=O)[nH]1)C(=O)Nc1nnc(C2CCCCC2)s1. The van der Waals surface area contributed by atoms with Crippen molar-refractivity contribution in [1.82, 2.24) is 20.2 Å². The highest BCUT2D eigenvalue weighted by atomic mass is 32.2. The lowest BCUT2D eigenvalue weighted by Gasteiger charge is -2.18. The third-order valence-electron chi connectivity index (χ3n) is 6.33. The number of fused-ring (bicyclic) bond motifs is 1. The van der Waals surface area contributed by atoms with Crippen molar-refractivity contribution in [2.45, 2.75) is 68.7 Å². The van der Waals surface area contributed by atoms with Gasteiger partial charge >= 0.3 is 0 Å². The van der Waals surface area contributed by atoms with Gasteiger partial charge in [0.05, 0.1) is 10.6 Å². The lowest BCUT2D eigenvalue weighted by Crippen LogP contribution is -2.25. The highest BCUT2D eigenvalue weighted by Crippen LogP contribution is 2.36. The molecule has 4 aromatic rings. The van der Waals surface area contributed by atoms with Crippen LogP contribution >= 0.6 is 34.4 Å². The number of thioether (sulfide) groups is 1. The number of hydrogen-bond acceptors (Lipinski definition) is 8. The van der Waals surface area contributed by atoms with Crippen molar-refractivity contribution in [2.75, 3.05) is 5.32 Å². The van der Waals surface area contributed by atoms with Gasteiger partial charge in [0, 0.05) is 16.9 Å². The monoisotopic (exact) mass is 525 g/mol. The van der Waals surface area contributed by atoms with Crippen LogP contribution in [0.3, 0.4) is 0 Å². The summed E-state index contributed by atoms with van der Waals surface area (Å²) < 4.78 is 0. The van der Waals surface area contributed by atoms with Crippen molar-refractivity contribution in [3.05, 3.63) is 50.6 Å². The number of rotatable bonds is 7. The Balaban J connectivity index is 1.31. The van der Waals surface area contributed by atoms with Crippen LogP contribution in [0.4, 0.5) is 5.13 Å². The van der Waals surface area contributed by atoms with E-state index in [0.29, 0.717) is 32.8 Å². The lowest BCUT2D eigenvalue weighted by molar-refractivity contribution is -0.115. The maximum atomic E-state index is 13.0. The average Bonchev–Trinajstić information content (AvgIpc) is 3.51. The maximum Gasteiger partial charge on any atom is 0.260 e. The summed E-state index contributed by atoms with van der Waals surface area (Å²) in [7, 11) is 0. The molecule has 1 aromatic carbocycles. The molecule has 1 aliphatic carbocycles. The molecule has 1 atom stereocenters. The molecule has 0 spiro atoms. The zero-order valence-corrected chi connectivity index (χ0v) is 22.1. The number of amides is 1. The number of nitrogens with zero attached hydrogens (tertiary/aromatic N) is 3. The number of thiophene rings is 1. The lowest BCUT2D eigenvalue weighted by atomic mass is 9.90. The minimum atomic E-state index is -0.408. The molecule has 7 nitrogen and oxygen atoms in total.